The molecule has 0 radical (unpaired) electrons. The summed E-state index contributed by atoms with van der Waals surface area (Å²) < 4.78 is 2.40. The molecule has 5 nitrogen and oxygen atoms in total. The molecule has 0 saturated carbocycles. The molecule has 2 rings (SSSR count). The summed E-state index contributed by atoms with van der Waals surface area (Å²) in [5.41, 5.74) is 0.398. The number of nitrogens with one attached hydrogen (secondary N) is 1. The number of rotatable bonds is 4. The van der Waals surface area contributed by atoms with Crippen LogP contribution in [0.1, 0.15) is 21.4 Å². The lowest BCUT2D eigenvalue weighted by Gasteiger charge is -2.13. The maximum Gasteiger partial charge on any atom is 0.331 e. The fraction of sp³-hybridized carbons (Fsp3) is 0.167. The molecule has 2 aromatic heterocycles. The van der Waals surface area contributed by atoms with Crippen LogP contribution in [0.25, 0.3) is 0 Å². The van der Waals surface area contributed by atoms with Crippen molar-refractivity contribution >= 4 is 39.1 Å². The SMILES string of the molecule is Cn1cc(Br)cc1C(=O)N[C@H](C(=O)O)c1cccs1. The molecular formula is C12H11BrN2O3S. The molecule has 2 heterocycles. The average Bonchev–Trinajstić information content (AvgIpc) is 2.95. The van der Waals surface area contributed by atoms with E-state index in [4.69, 9.17) is 0 Å². The number of thiophene rings is 1. The molecule has 0 aromatic carbocycles. The van der Waals surface area contributed by atoms with E-state index < -0.39 is 17.9 Å². The highest BCUT2D eigenvalue weighted by atomic mass is 79.9. The van der Waals surface area contributed by atoms with Crippen molar-refractivity contribution < 1.29 is 14.7 Å². The normalized spacial score (nSPS) is 12.1. The summed E-state index contributed by atoms with van der Waals surface area (Å²) in [6.45, 7) is 0. The van der Waals surface area contributed by atoms with Gasteiger partial charge in [-0.3, -0.25) is 4.79 Å². The first-order valence-corrected chi connectivity index (χ1v) is 7.05. The fourth-order valence-electron chi connectivity index (χ4n) is 1.67. The summed E-state index contributed by atoms with van der Waals surface area (Å²) in [5, 5.41) is 13.5. The first kappa shape index (κ1) is 13.8. The van der Waals surface area contributed by atoms with E-state index >= 15 is 0 Å². The number of hydrogen-bond acceptors (Lipinski definition) is 3. The van der Waals surface area contributed by atoms with Crippen molar-refractivity contribution in [3.63, 3.8) is 0 Å². The van der Waals surface area contributed by atoms with Crippen LogP contribution in [0.4, 0.5) is 0 Å². The third kappa shape index (κ3) is 3.05. The van der Waals surface area contributed by atoms with Gasteiger partial charge in [-0.25, -0.2) is 4.79 Å². The third-order valence-electron chi connectivity index (χ3n) is 2.55. The first-order valence-electron chi connectivity index (χ1n) is 5.38. The number of aliphatic carboxylic acids is 1. The number of carbonyl (C=O) groups excluding carboxylic acids is 1. The van der Waals surface area contributed by atoms with Crippen molar-refractivity contribution in [1.82, 2.24) is 9.88 Å². The van der Waals surface area contributed by atoms with E-state index in [-0.39, 0.29) is 0 Å². The van der Waals surface area contributed by atoms with Crippen molar-refractivity contribution in [2.45, 2.75) is 6.04 Å². The Balaban J connectivity index is 2.21. The number of aryl methyl sites for hydroxylation is 1. The summed E-state index contributed by atoms with van der Waals surface area (Å²) in [6, 6.07) is 4.05. The maximum atomic E-state index is 12.1. The molecule has 2 N–H and O–H groups in total. The van der Waals surface area contributed by atoms with Crippen LogP contribution in [0.5, 0.6) is 0 Å². The Morgan fingerprint density at radius 2 is 2.26 bits per heavy atom. The fourth-order valence-corrected chi connectivity index (χ4v) is 2.96. The zero-order valence-corrected chi connectivity index (χ0v) is 12.4. The van der Waals surface area contributed by atoms with E-state index in [0.717, 1.165) is 4.47 Å². The number of aromatic nitrogens is 1. The monoisotopic (exact) mass is 342 g/mol. The molecule has 0 aliphatic carbocycles. The van der Waals surface area contributed by atoms with E-state index in [1.54, 1.807) is 41.4 Å². The number of carbonyl (C=O) groups is 2. The third-order valence-corrected chi connectivity index (χ3v) is 3.93. The van der Waals surface area contributed by atoms with Crippen molar-refractivity contribution in [1.29, 1.82) is 0 Å². The molecule has 1 atom stereocenters. The zero-order chi connectivity index (χ0) is 14.0. The Morgan fingerprint density at radius 1 is 1.53 bits per heavy atom. The van der Waals surface area contributed by atoms with Gasteiger partial charge in [-0.15, -0.1) is 11.3 Å². The van der Waals surface area contributed by atoms with Gasteiger partial charge in [0, 0.05) is 22.6 Å². The van der Waals surface area contributed by atoms with Crippen LogP contribution in [0.15, 0.2) is 34.2 Å². The van der Waals surface area contributed by atoms with Crippen LogP contribution >= 0.6 is 27.3 Å². The smallest absolute Gasteiger partial charge is 0.331 e. The molecule has 7 heteroatoms. The van der Waals surface area contributed by atoms with Crippen LogP contribution in [0, 0.1) is 0 Å². The summed E-state index contributed by atoms with van der Waals surface area (Å²) >= 11 is 4.56. The second-order valence-electron chi connectivity index (χ2n) is 3.91. The topological polar surface area (TPSA) is 71.3 Å². The highest BCUT2D eigenvalue weighted by molar-refractivity contribution is 9.10. The van der Waals surface area contributed by atoms with Gasteiger partial charge < -0.3 is 15.0 Å². The summed E-state index contributed by atoms with van der Waals surface area (Å²) in [5.74, 6) is -1.50. The lowest BCUT2D eigenvalue weighted by molar-refractivity contribution is -0.139. The molecule has 0 aliphatic rings. The van der Waals surface area contributed by atoms with Crippen molar-refractivity contribution in [3.8, 4) is 0 Å². The quantitative estimate of drug-likeness (QED) is 0.896. The molecule has 100 valence electrons. The molecule has 0 spiro atoms. The van der Waals surface area contributed by atoms with E-state index in [1.165, 1.54) is 11.3 Å². The summed E-state index contributed by atoms with van der Waals surface area (Å²) in [6.07, 6.45) is 1.73. The minimum Gasteiger partial charge on any atom is -0.479 e. The molecular weight excluding hydrogens is 332 g/mol. The van der Waals surface area contributed by atoms with E-state index in [0.29, 0.717) is 10.6 Å². The molecule has 0 fully saturated rings. The van der Waals surface area contributed by atoms with Crippen molar-refractivity contribution in [2.24, 2.45) is 7.05 Å². The largest absolute Gasteiger partial charge is 0.479 e. The van der Waals surface area contributed by atoms with E-state index in [9.17, 15) is 14.7 Å². The summed E-state index contributed by atoms with van der Waals surface area (Å²) in [4.78, 5) is 23.9. The second kappa shape index (κ2) is 5.58. The van der Waals surface area contributed by atoms with Gasteiger partial charge in [0.05, 0.1) is 0 Å². The Hall–Kier alpha value is -1.60. The number of halogens is 1. The minimum atomic E-state index is -1.08. The molecule has 0 aliphatic heterocycles. The molecule has 19 heavy (non-hydrogen) atoms. The molecule has 0 saturated heterocycles. The molecule has 1 amide bonds. The molecule has 0 bridgehead atoms. The van der Waals surface area contributed by atoms with Gasteiger partial charge >= 0.3 is 5.97 Å². The standard InChI is InChI=1S/C12H11BrN2O3S/c1-15-6-7(13)5-8(15)11(16)14-10(12(17)18)9-3-2-4-19-9/h2-6,10H,1H3,(H,14,16)(H,17,18)/t10-/m0/s1. The Bertz CT molecular complexity index is 607. The van der Waals surface area contributed by atoms with Gasteiger partial charge in [-0.05, 0) is 33.4 Å². The van der Waals surface area contributed by atoms with E-state index in [2.05, 4.69) is 21.2 Å². The summed E-state index contributed by atoms with van der Waals surface area (Å²) in [7, 11) is 1.72. The highest BCUT2D eigenvalue weighted by Gasteiger charge is 2.24. The first-order chi connectivity index (χ1) is 8.99. The van der Waals surface area contributed by atoms with Gasteiger partial charge in [-0.2, -0.15) is 0 Å². The highest BCUT2D eigenvalue weighted by Crippen LogP contribution is 2.20. The molecule has 2 aromatic rings. The number of carboxylic acid groups (broad SMARTS) is 1. The van der Waals surface area contributed by atoms with Crippen molar-refractivity contribution in [3.05, 3.63) is 44.8 Å². The maximum absolute atomic E-state index is 12.1. The number of carboxylic acids is 1. The van der Waals surface area contributed by atoms with Crippen LogP contribution < -0.4 is 5.32 Å². The Labute approximate surface area is 122 Å². The van der Waals surface area contributed by atoms with Gasteiger partial charge in [-0.1, -0.05) is 6.07 Å². The van der Waals surface area contributed by atoms with Gasteiger partial charge in [0.1, 0.15) is 5.69 Å². The zero-order valence-electron chi connectivity index (χ0n) is 9.96. The Morgan fingerprint density at radius 3 is 2.74 bits per heavy atom. The number of nitrogens with zero attached hydrogens (tertiary/aromatic N) is 1. The van der Waals surface area contributed by atoms with Crippen LogP contribution in [-0.4, -0.2) is 21.6 Å². The minimum absolute atomic E-state index is 0.398. The predicted molar refractivity (Wildman–Crippen MR) is 75.3 cm³/mol. The second-order valence-corrected chi connectivity index (χ2v) is 5.81. The van der Waals surface area contributed by atoms with Gasteiger partial charge in [0.25, 0.3) is 5.91 Å². The van der Waals surface area contributed by atoms with Crippen molar-refractivity contribution in [2.75, 3.05) is 0 Å². The van der Waals surface area contributed by atoms with E-state index in [1.807, 2.05) is 0 Å². The lowest BCUT2D eigenvalue weighted by atomic mass is 10.2. The van der Waals surface area contributed by atoms with Crippen LogP contribution in [0.2, 0.25) is 0 Å². The van der Waals surface area contributed by atoms with Gasteiger partial charge in [0.2, 0.25) is 0 Å². The van der Waals surface area contributed by atoms with Crippen LogP contribution in [0.3, 0.4) is 0 Å². The average molecular weight is 343 g/mol. The molecule has 0 unspecified atom stereocenters. The van der Waals surface area contributed by atoms with Crippen LogP contribution in [-0.2, 0) is 11.8 Å². The van der Waals surface area contributed by atoms with Gasteiger partial charge in [0.15, 0.2) is 6.04 Å². The lowest BCUT2D eigenvalue weighted by Crippen LogP contribution is -2.34. The number of hydrogen-bond donors (Lipinski definition) is 2. The Kier molecular flexibility index (Phi) is 4.06. The number of amides is 1. The predicted octanol–water partition coefficient (Wildman–Crippen LogP) is 2.40.